The van der Waals surface area contributed by atoms with E-state index in [0.29, 0.717) is 12.7 Å². The summed E-state index contributed by atoms with van der Waals surface area (Å²) in [6.45, 7) is 24.2. The monoisotopic (exact) mass is 653 g/mol. The Balaban J connectivity index is 0. The van der Waals surface area contributed by atoms with E-state index >= 15 is 0 Å². The molecule has 272 valence electrons. The Hall–Kier alpha value is -1.01. The van der Waals surface area contributed by atoms with Gasteiger partial charge in [0.25, 0.3) is 0 Å². The third kappa shape index (κ3) is 25.7. The van der Waals surface area contributed by atoms with Crippen molar-refractivity contribution in [2.75, 3.05) is 59.5 Å². The van der Waals surface area contributed by atoms with E-state index in [1.54, 1.807) is 0 Å². The summed E-state index contributed by atoms with van der Waals surface area (Å²) in [5, 5.41) is 0. The third-order valence-electron chi connectivity index (χ3n) is 7.57. The highest BCUT2D eigenvalue weighted by Crippen LogP contribution is 2.21. The Morgan fingerprint density at radius 1 is 0.667 bits per heavy atom. The molecule has 0 saturated carbocycles. The Labute approximate surface area is 276 Å². The van der Waals surface area contributed by atoms with E-state index in [1.165, 1.54) is 38.5 Å². The van der Waals surface area contributed by atoms with E-state index in [2.05, 4.69) is 37.2 Å². The zero-order valence-corrected chi connectivity index (χ0v) is 28.6. The van der Waals surface area contributed by atoms with Crippen molar-refractivity contribution in [3.63, 3.8) is 0 Å². The van der Waals surface area contributed by atoms with Crippen LogP contribution >= 0.6 is 0 Å². The predicted octanol–water partition coefficient (Wildman–Crippen LogP) is 8.18. The first-order valence-corrected chi connectivity index (χ1v) is 16.8. The number of carbonyl (C=O) groups is 1. The highest BCUT2D eigenvalue weighted by Gasteiger charge is 2.29. The van der Waals surface area contributed by atoms with Gasteiger partial charge < -0.3 is 42.6 Å². The number of hydrogen-bond acceptors (Lipinski definition) is 10. The van der Waals surface area contributed by atoms with Crippen LogP contribution in [0.3, 0.4) is 0 Å². The van der Waals surface area contributed by atoms with Crippen molar-refractivity contribution in [2.45, 2.75) is 152 Å². The minimum absolute atomic E-state index is 0. The smallest absolute Gasteiger partial charge is 0.430 e. The normalized spacial score (nSPS) is 26.8. The van der Waals surface area contributed by atoms with Crippen molar-refractivity contribution in [3.8, 4) is 0 Å². The molecule has 0 bridgehead atoms. The lowest BCUT2D eigenvalue weighted by Gasteiger charge is -2.19. The molecule has 3 unspecified atom stereocenters. The van der Waals surface area contributed by atoms with Crippen LogP contribution in [0.2, 0.25) is 0 Å². The number of rotatable bonds is 4. The Kier molecular flexibility index (Phi) is 28.7. The maximum Gasteiger partial charge on any atom is 0.508 e. The second-order valence-electron chi connectivity index (χ2n) is 12.1. The Morgan fingerprint density at radius 2 is 1.20 bits per heavy atom. The molecule has 0 aromatic carbocycles. The van der Waals surface area contributed by atoms with Gasteiger partial charge in [-0.05, 0) is 77.6 Å². The summed E-state index contributed by atoms with van der Waals surface area (Å²) >= 11 is 0. The molecule has 0 radical (unpaired) electrons. The van der Waals surface area contributed by atoms with E-state index < -0.39 is 6.16 Å². The topological polar surface area (TPSA) is 103 Å². The first kappa shape index (κ1) is 46.1. The van der Waals surface area contributed by atoms with Gasteiger partial charge in [0.05, 0.1) is 38.6 Å². The molecule has 10 nitrogen and oxygen atoms in total. The molecule has 0 spiro atoms. The van der Waals surface area contributed by atoms with Crippen molar-refractivity contribution in [1.82, 2.24) is 0 Å². The van der Waals surface area contributed by atoms with E-state index in [9.17, 15) is 4.79 Å². The molecule has 0 aliphatic carbocycles. The van der Waals surface area contributed by atoms with Gasteiger partial charge in [0.15, 0.2) is 12.1 Å². The highest BCUT2D eigenvalue weighted by atomic mass is 16.8. The molecular formula is C35H72O10. The molecule has 6 fully saturated rings. The number of ether oxygens (including phenoxy) is 9. The first-order chi connectivity index (χ1) is 20.6. The Bertz CT molecular complexity index is 655. The van der Waals surface area contributed by atoms with E-state index in [1.807, 2.05) is 27.7 Å². The standard InChI is InChI=1S/C7H14O.C6H12O2.C6H12O.C5H8O3.C5H10O2.C4H8O.2CH4/c1-2-7-3-5-8-6-4-7;1-5-4-7-6(2,3)8-5;1-6-2-4-7-5-3-6;1-2-4-3-7-5(6)8-4;1-2-5-6-3-4-7-5;1-2-4-3-5-4;;/h7H,2-6H2,1H3;5H,4H2,1-3H3;6H,2-5H2,1H3;4H,2-3H2,1H3;5H,2-4H2,1H3;4H,2-3H2,1H3;2*1H4. The lowest BCUT2D eigenvalue weighted by Crippen LogP contribution is -2.20. The second kappa shape index (κ2) is 28.0. The predicted molar refractivity (Wildman–Crippen MR) is 180 cm³/mol. The van der Waals surface area contributed by atoms with Gasteiger partial charge >= 0.3 is 6.16 Å². The fraction of sp³-hybridized carbons (Fsp3) is 0.971. The summed E-state index contributed by atoms with van der Waals surface area (Å²) in [5.74, 6) is 1.54. The van der Waals surface area contributed by atoms with Crippen LogP contribution in [0.5, 0.6) is 0 Å². The third-order valence-corrected chi connectivity index (χ3v) is 7.57. The quantitative estimate of drug-likeness (QED) is 0.218. The average Bonchev–Trinajstić information content (AvgIpc) is 3.35. The van der Waals surface area contributed by atoms with Gasteiger partial charge in [0.1, 0.15) is 12.7 Å². The summed E-state index contributed by atoms with van der Waals surface area (Å²) in [5.41, 5.74) is 0. The summed E-state index contributed by atoms with van der Waals surface area (Å²) in [6.07, 6.45) is 9.92. The summed E-state index contributed by atoms with van der Waals surface area (Å²) in [7, 11) is 0. The molecule has 0 aromatic rings. The highest BCUT2D eigenvalue weighted by molar-refractivity contribution is 5.61. The van der Waals surface area contributed by atoms with Crippen molar-refractivity contribution in [3.05, 3.63) is 0 Å². The lowest BCUT2D eigenvalue weighted by molar-refractivity contribution is -0.136. The van der Waals surface area contributed by atoms with Crippen molar-refractivity contribution >= 4 is 6.16 Å². The minimum Gasteiger partial charge on any atom is -0.430 e. The maximum atomic E-state index is 10.2. The summed E-state index contributed by atoms with van der Waals surface area (Å²) in [6, 6.07) is 0. The lowest BCUT2D eigenvalue weighted by atomic mass is 9.98. The number of cyclic esters (lactones) is 2. The minimum atomic E-state index is -0.531. The molecule has 6 heterocycles. The molecule has 10 heteroatoms. The number of hydrogen-bond donors (Lipinski definition) is 0. The molecule has 0 aromatic heterocycles. The van der Waals surface area contributed by atoms with E-state index in [0.717, 1.165) is 77.5 Å². The molecular weight excluding hydrogens is 580 g/mol. The molecule has 0 amide bonds. The van der Waals surface area contributed by atoms with Gasteiger partial charge in [-0.15, -0.1) is 0 Å². The van der Waals surface area contributed by atoms with Crippen LogP contribution in [0.4, 0.5) is 4.79 Å². The van der Waals surface area contributed by atoms with Gasteiger partial charge in [-0.1, -0.05) is 55.9 Å². The van der Waals surface area contributed by atoms with Crippen LogP contribution < -0.4 is 0 Å². The van der Waals surface area contributed by atoms with Gasteiger partial charge in [-0.25, -0.2) is 4.79 Å². The van der Waals surface area contributed by atoms with Gasteiger partial charge in [-0.3, -0.25) is 0 Å². The SMILES string of the molecule is C.C.CC1CCOCC1.CC1COC(C)(C)O1.CCC1CCOCC1.CCC1CO1.CCC1COC(=O)O1.CCC1OCCO1. The molecule has 6 rings (SSSR count). The zero-order valence-electron chi connectivity index (χ0n) is 28.6. The average molecular weight is 653 g/mol. The van der Waals surface area contributed by atoms with Crippen molar-refractivity contribution in [2.24, 2.45) is 11.8 Å². The van der Waals surface area contributed by atoms with E-state index in [-0.39, 0.29) is 39.1 Å². The molecule has 0 N–H and O–H groups in total. The maximum absolute atomic E-state index is 10.2. The molecule has 6 aliphatic rings. The summed E-state index contributed by atoms with van der Waals surface area (Å²) < 4.78 is 45.1. The van der Waals surface area contributed by atoms with Gasteiger partial charge in [-0.2, -0.15) is 0 Å². The number of epoxide rings is 1. The van der Waals surface area contributed by atoms with Crippen LogP contribution in [0, 0.1) is 11.8 Å². The van der Waals surface area contributed by atoms with E-state index in [4.69, 9.17) is 33.2 Å². The van der Waals surface area contributed by atoms with Crippen LogP contribution in [0.15, 0.2) is 0 Å². The van der Waals surface area contributed by atoms with Crippen molar-refractivity contribution < 1.29 is 47.4 Å². The van der Waals surface area contributed by atoms with Crippen LogP contribution in [0.1, 0.15) is 122 Å². The second-order valence-corrected chi connectivity index (χ2v) is 12.1. The number of carbonyl (C=O) groups excluding carboxylic acids is 1. The molecule has 6 saturated heterocycles. The molecule has 45 heavy (non-hydrogen) atoms. The van der Waals surface area contributed by atoms with Crippen LogP contribution in [-0.2, 0) is 42.6 Å². The largest absolute Gasteiger partial charge is 0.508 e. The fourth-order valence-corrected chi connectivity index (χ4v) is 4.35. The van der Waals surface area contributed by atoms with Crippen LogP contribution in [0.25, 0.3) is 0 Å². The zero-order chi connectivity index (χ0) is 31.9. The first-order valence-electron chi connectivity index (χ1n) is 16.8. The van der Waals surface area contributed by atoms with Crippen molar-refractivity contribution in [1.29, 1.82) is 0 Å². The molecule has 6 aliphatic heterocycles. The van der Waals surface area contributed by atoms with Gasteiger partial charge in [0, 0.05) is 26.4 Å². The Morgan fingerprint density at radius 3 is 1.40 bits per heavy atom. The van der Waals surface area contributed by atoms with Crippen LogP contribution in [-0.4, -0.2) is 96.0 Å². The molecule has 3 atom stereocenters. The fourth-order valence-electron chi connectivity index (χ4n) is 4.35. The summed E-state index contributed by atoms with van der Waals surface area (Å²) in [4.78, 5) is 10.2. The van der Waals surface area contributed by atoms with Gasteiger partial charge in [0.2, 0.25) is 0 Å².